The van der Waals surface area contributed by atoms with Crippen LogP contribution in [0.1, 0.15) is 133 Å². The Morgan fingerprint density at radius 3 is 0.884 bits per heavy atom. The number of hydrogen-bond acceptors (Lipinski definition) is 18. The normalized spacial score (nSPS) is 13.5. The van der Waals surface area contributed by atoms with E-state index in [9.17, 15) is 38.4 Å². The fourth-order valence-electron chi connectivity index (χ4n) is 9.76. The van der Waals surface area contributed by atoms with Gasteiger partial charge in [-0.25, -0.2) is 38.4 Å². The van der Waals surface area contributed by atoms with Crippen LogP contribution in [0.2, 0.25) is 0 Å². The van der Waals surface area contributed by atoms with Crippen LogP contribution >= 0.6 is 0 Å². The van der Waals surface area contributed by atoms with E-state index < -0.39 is 47.8 Å². The van der Waals surface area contributed by atoms with Gasteiger partial charge in [0.25, 0.3) is 0 Å². The lowest BCUT2D eigenvalue weighted by Crippen LogP contribution is -2.18. The van der Waals surface area contributed by atoms with Gasteiger partial charge in [-0.15, -0.1) is 0 Å². The topological polar surface area (TPSA) is 262 Å². The van der Waals surface area contributed by atoms with E-state index in [0.717, 1.165) is 22.3 Å². The van der Waals surface area contributed by atoms with Gasteiger partial charge in [-0.05, 0) is 156 Å². The first-order chi connectivity index (χ1) is 41.2. The molecule has 426 valence electrons. The second-order valence-corrected chi connectivity index (χ2v) is 20.9. The van der Waals surface area contributed by atoms with E-state index in [2.05, 4.69) is 41.9 Å². The van der Waals surface area contributed by atoms with Crippen LogP contribution in [-0.2, 0) is 29.8 Å². The standard InChI is InChI=1S/2C31H20O8.C6H8N2/c1-31(2,17-3-7-19(8-4-17)36-21-11-13-23-25(15-21)29(34)38-27(23)32)18-5-9-20(10-6-18)37-22-12-14-24-26(16-22)30(35)39-28(24)33;1-31(2,17-6-10-19(11-7-17)36-21-14-15-22-24(16-21)29(34)38-27(22)32)18-8-12-20(13-9-18)37-25-5-3-4-23-26(25)30(35)39-28(23)33;7-5-2-1-3-6(8)4-5/h2*3-16H,1-2H3;1-4H,7-8H2. The molecule has 4 heterocycles. The van der Waals surface area contributed by atoms with Crippen molar-refractivity contribution in [3.05, 3.63) is 261 Å². The van der Waals surface area contributed by atoms with E-state index in [-0.39, 0.29) is 61.1 Å². The lowest BCUT2D eigenvalue weighted by atomic mass is 9.78. The number of cyclic esters (lactones) is 8. The lowest BCUT2D eigenvalue weighted by Gasteiger charge is -2.26. The molecule has 0 atom stereocenters. The molecule has 9 aromatic rings. The van der Waals surface area contributed by atoms with Crippen LogP contribution in [0, 0.1) is 0 Å². The number of esters is 8. The molecule has 13 rings (SSSR count). The van der Waals surface area contributed by atoms with Crippen LogP contribution in [0.15, 0.2) is 194 Å². The third-order valence-corrected chi connectivity index (χ3v) is 14.6. The molecule has 4 N–H and O–H groups in total. The molecule has 9 aromatic carbocycles. The van der Waals surface area contributed by atoms with Crippen molar-refractivity contribution in [3.8, 4) is 46.0 Å². The van der Waals surface area contributed by atoms with Crippen molar-refractivity contribution in [2.24, 2.45) is 0 Å². The van der Waals surface area contributed by atoms with Crippen LogP contribution in [-0.4, -0.2) is 47.8 Å². The van der Waals surface area contributed by atoms with E-state index in [0.29, 0.717) is 51.6 Å². The number of ether oxygens (including phenoxy) is 8. The Bertz CT molecular complexity index is 4130. The van der Waals surface area contributed by atoms with Crippen molar-refractivity contribution in [3.63, 3.8) is 0 Å². The number of rotatable bonds is 12. The van der Waals surface area contributed by atoms with Crippen molar-refractivity contribution in [2.75, 3.05) is 11.5 Å². The predicted molar refractivity (Wildman–Crippen MR) is 310 cm³/mol. The fraction of sp³-hybridized carbons (Fsp3) is 0.0882. The van der Waals surface area contributed by atoms with Gasteiger partial charge in [0.1, 0.15) is 51.6 Å². The van der Waals surface area contributed by atoms with Gasteiger partial charge in [0.15, 0.2) is 0 Å². The Hall–Kier alpha value is -11.7. The second-order valence-electron chi connectivity index (χ2n) is 20.9. The van der Waals surface area contributed by atoms with Crippen LogP contribution in [0.4, 0.5) is 11.4 Å². The maximum Gasteiger partial charge on any atom is 0.350 e. The number of carbonyl (C=O) groups is 8. The smallest absolute Gasteiger partial charge is 0.350 e. The molecule has 0 spiro atoms. The Morgan fingerprint density at radius 1 is 0.279 bits per heavy atom. The zero-order valence-electron chi connectivity index (χ0n) is 46.2. The zero-order chi connectivity index (χ0) is 60.6. The van der Waals surface area contributed by atoms with Crippen molar-refractivity contribution in [2.45, 2.75) is 38.5 Å². The number of hydrogen-bond donors (Lipinski definition) is 2. The number of anilines is 2. The molecular weight excluding hydrogens is 1100 g/mol. The molecule has 0 radical (unpaired) electrons. The highest BCUT2D eigenvalue weighted by molar-refractivity contribution is 6.17. The number of carbonyl (C=O) groups excluding carboxylic acids is 8. The third-order valence-electron chi connectivity index (χ3n) is 14.6. The van der Waals surface area contributed by atoms with Crippen LogP contribution in [0.5, 0.6) is 46.0 Å². The maximum atomic E-state index is 12.1. The summed E-state index contributed by atoms with van der Waals surface area (Å²) in [5.41, 5.74) is 17.2. The van der Waals surface area contributed by atoms with E-state index in [1.165, 1.54) is 42.5 Å². The Labute approximate surface area is 490 Å². The van der Waals surface area contributed by atoms with E-state index in [1.807, 2.05) is 91.0 Å². The molecule has 86 heavy (non-hydrogen) atoms. The molecule has 0 unspecified atom stereocenters. The van der Waals surface area contributed by atoms with E-state index in [4.69, 9.17) is 35.2 Å². The summed E-state index contributed by atoms with van der Waals surface area (Å²) in [5, 5.41) is 0. The summed E-state index contributed by atoms with van der Waals surface area (Å²) in [5.74, 6) is -1.62. The van der Waals surface area contributed by atoms with Crippen molar-refractivity contribution >= 4 is 59.1 Å². The van der Waals surface area contributed by atoms with E-state index >= 15 is 0 Å². The molecule has 4 aliphatic rings. The number of benzene rings is 9. The Kier molecular flexibility index (Phi) is 14.8. The number of nitrogens with two attached hydrogens (primary N) is 2. The van der Waals surface area contributed by atoms with Gasteiger partial charge in [-0.1, -0.05) is 88.4 Å². The predicted octanol–water partition coefficient (Wildman–Crippen LogP) is 13.3. The van der Waals surface area contributed by atoms with Gasteiger partial charge < -0.3 is 49.4 Å². The van der Waals surface area contributed by atoms with Crippen molar-refractivity contribution in [1.82, 2.24) is 0 Å². The summed E-state index contributed by atoms with van der Waals surface area (Å²) >= 11 is 0. The van der Waals surface area contributed by atoms with Crippen molar-refractivity contribution < 1.29 is 76.3 Å². The minimum Gasteiger partial charge on any atom is -0.457 e. The molecular formula is C68H48N2O16. The molecule has 0 aliphatic carbocycles. The molecule has 0 bridgehead atoms. The number of nitrogen functional groups attached to an aromatic ring is 2. The first kappa shape index (κ1) is 56.2. The summed E-state index contributed by atoms with van der Waals surface area (Å²) in [6, 6.07) is 56.1. The van der Waals surface area contributed by atoms with Crippen molar-refractivity contribution in [1.29, 1.82) is 0 Å². The average molecular weight is 1150 g/mol. The van der Waals surface area contributed by atoms with Gasteiger partial charge >= 0.3 is 47.8 Å². The molecule has 0 amide bonds. The molecule has 0 saturated heterocycles. The molecule has 0 fully saturated rings. The summed E-state index contributed by atoms with van der Waals surface area (Å²) in [6.45, 7) is 8.39. The summed E-state index contributed by atoms with van der Waals surface area (Å²) in [6.07, 6.45) is 0. The van der Waals surface area contributed by atoms with Gasteiger partial charge in [-0.3, -0.25) is 0 Å². The second kappa shape index (κ2) is 22.6. The summed E-state index contributed by atoms with van der Waals surface area (Å²) < 4.78 is 42.1. The monoisotopic (exact) mass is 1150 g/mol. The Balaban J connectivity index is 0.000000158. The molecule has 18 nitrogen and oxygen atoms in total. The molecule has 0 aromatic heterocycles. The minimum absolute atomic E-state index is 0.127. The van der Waals surface area contributed by atoms with Crippen LogP contribution in [0.25, 0.3) is 0 Å². The van der Waals surface area contributed by atoms with Gasteiger partial charge in [-0.2, -0.15) is 0 Å². The maximum absolute atomic E-state index is 12.1. The molecule has 18 heteroatoms. The minimum atomic E-state index is -0.718. The third kappa shape index (κ3) is 11.4. The van der Waals surface area contributed by atoms with E-state index in [1.54, 1.807) is 60.7 Å². The first-order valence-corrected chi connectivity index (χ1v) is 26.5. The highest BCUT2D eigenvalue weighted by Gasteiger charge is 2.35. The largest absolute Gasteiger partial charge is 0.457 e. The highest BCUT2D eigenvalue weighted by atomic mass is 16.6. The van der Waals surface area contributed by atoms with Gasteiger partial charge in [0.05, 0.1) is 38.9 Å². The quantitative estimate of drug-likeness (QED) is 0.0498. The summed E-state index contributed by atoms with van der Waals surface area (Å²) in [4.78, 5) is 94.2. The van der Waals surface area contributed by atoms with Gasteiger partial charge in [0, 0.05) is 22.2 Å². The molecule has 4 aliphatic heterocycles. The summed E-state index contributed by atoms with van der Waals surface area (Å²) in [7, 11) is 0. The fourth-order valence-corrected chi connectivity index (χ4v) is 9.76. The van der Waals surface area contributed by atoms with Gasteiger partial charge in [0.2, 0.25) is 0 Å². The SMILES string of the molecule is CC(C)(c1ccc(Oc2ccc3c(c2)C(=O)OC3=O)cc1)c1ccc(Oc2ccc3c(c2)C(=O)OC3=O)cc1.CC(C)(c1ccc(Oc2ccc3c(c2)C(=O)OC3=O)cc1)c1ccc(Oc2cccc3c2C(=O)OC3=O)cc1.Nc1cccc(N)c1. The number of fused-ring (bicyclic) bond motifs is 4. The Morgan fingerprint density at radius 2 is 0.558 bits per heavy atom. The van der Waals surface area contributed by atoms with Crippen LogP contribution in [0.3, 0.4) is 0 Å². The highest BCUT2D eigenvalue weighted by Crippen LogP contribution is 2.39. The lowest BCUT2D eigenvalue weighted by molar-refractivity contribution is 0.0425. The zero-order valence-corrected chi connectivity index (χ0v) is 46.2. The van der Waals surface area contributed by atoms with Crippen LogP contribution < -0.4 is 30.4 Å². The molecule has 0 saturated carbocycles. The first-order valence-electron chi connectivity index (χ1n) is 26.5. The average Bonchev–Trinajstić information content (AvgIpc) is 1.98.